The zero-order valence-corrected chi connectivity index (χ0v) is 16.2. The van der Waals surface area contributed by atoms with Gasteiger partial charge in [0.2, 0.25) is 5.82 Å². The van der Waals surface area contributed by atoms with Gasteiger partial charge in [-0.3, -0.25) is 4.79 Å². The lowest BCUT2D eigenvalue weighted by molar-refractivity contribution is -0.118. The molecule has 3 rings (SSSR count). The van der Waals surface area contributed by atoms with E-state index in [0.29, 0.717) is 11.4 Å². The maximum Gasteiger partial charge on any atom is 0.263 e. The SMILES string of the molecule is CCc1ccc(CC)c(-c2nonc2NC(=O)COc2ccc(OC)cc2)c1. The van der Waals surface area contributed by atoms with Crippen LogP contribution in [0.1, 0.15) is 25.0 Å². The van der Waals surface area contributed by atoms with Crippen LogP contribution in [-0.2, 0) is 17.6 Å². The molecule has 1 aromatic heterocycles. The molecule has 3 aromatic rings. The summed E-state index contributed by atoms with van der Waals surface area (Å²) in [6, 6.07) is 13.2. The zero-order chi connectivity index (χ0) is 19.9. The van der Waals surface area contributed by atoms with E-state index in [1.54, 1.807) is 31.4 Å². The standard InChI is InChI=1S/C21H23N3O4/c1-4-14-6-7-15(5-2)18(12-14)20-21(24-28-23-20)22-19(25)13-27-17-10-8-16(26-3)9-11-17/h6-12H,4-5,13H2,1-3H3,(H,22,24,25). The Bertz CT molecular complexity index is 935. The van der Waals surface area contributed by atoms with Crippen molar-refractivity contribution in [3.8, 4) is 22.8 Å². The van der Waals surface area contributed by atoms with Crippen molar-refractivity contribution in [3.63, 3.8) is 0 Å². The molecule has 0 atom stereocenters. The minimum absolute atomic E-state index is 0.158. The first-order chi connectivity index (χ1) is 13.6. The fourth-order valence-electron chi connectivity index (χ4n) is 2.81. The highest BCUT2D eigenvalue weighted by Crippen LogP contribution is 2.29. The summed E-state index contributed by atoms with van der Waals surface area (Å²) in [6.45, 7) is 4.00. The molecule has 1 N–H and O–H groups in total. The van der Waals surface area contributed by atoms with Gasteiger partial charge in [0.05, 0.1) is 7.11 Å². The Hall–Kier alpha value is -3.35. The summed E-state index contributed by atoms with van der Waals surface area (Å²) in [5, 5.41) is 10.6. The number of amides is 1. The van der Waals surface area contributed by atoms with Gasteiger partial charge in [-0.25, -0.2) is 4.63 Å². The molecule has 2 aromatic carbocycles. The lowest BCUT2D eigenvalue weighted by atomic mass is 9.98. The van der Waals surface area contributed by atoms with Crippen molar-refractivity contribution in [2.24, 2.45) is 0 Å². The van der Waals surface area contributed by atoms with Gasteiger partial charge in [-0.15, -0.1) is 0 Å². The van der Waals surface area contributed by atoms with E-state index < -0.39 is 0 Å². The normalized spacial score (nSPS) is 10.5. The molecular formula is C21H23N3O4. The number of benzene rings is 2. The molecular weight excluding hydrogens is 358 g/mol. The van der Waals surface area contributed by atoms with E-state index in [2.05, 4.69) is 47.7 Å². The monoisotopic (exact) mass is 381 g/mol. The molecule has 0 fully saturated rings. The number of nitrogens with zero attached hydrogens (tertiary/aromatic N) is 2. The van der Waals surface area contributed by atoms with Crippen molar-refractivity contribution >= 4 is 11.7 Å². The minimum Gasteiger partial charge on any atom is -0.497 e. The quantitative estimate of drug-likeness (QED) is 0.637. The second kappa shape index (κ2) is 9.03. The Balaban J connectivity index is 1.70. The average Bonchev–Trinajstić information content (AvgIpc) is 3.19. The van der Waals surface area contributed by atoms with Gasteiger partial charge in [-0.2, -0.15) is 0 Å². The van der Waals surface area contributed by atoms with Crippen LogP contribution in [0.5, 0.6) is 11.5 Å². The van der Waals surface area contributed by atoms with Crippen LogP contribution in [0.2, 0.25) is 0 Å². The van der Waals surface area contributed by atoms with Crippen molar-refractivity contribution in [1.29, 1.82) is 0 Å². The topological polar surface area (TPSA) is 86.5 Å². The first-order valence-corrected chi connectivity index (χ1v) is 9.16. The molecule has 0 saturated heterocycles. The summed E-state index contributed by atoms with van der Waals surface area (Å²) in [5.41, 5.74) is 3.72. The molecule has 0 spiro atoms. The Morgan fingerprint density at radius 3 is 2.46 bits per heavy atom. The van der Waals surface area contributed by atoms with Gasteiger partial charge < -0.3 is 14.8 Å². The first-order valence-electron chi connectivity index (χ1n) is 9.16. The van der Waals surface area contributed by atoms with Gasteiger partial charge in [0.1, 0.15) is 11.5 Å². The molecule has 0 unspecified atom stereocenters. The molecule has 0 bridgehead atoms. The summed E-state index contributed by atoms with van der Waals surface area (Å²) in [6.07, 6.45) is 1.74. The highest BCUT2D eigenvalue weighted by molar-refractivity contribution is 5.94. The van der Waals surface area contributed by atoms with Crippen LogP contribution in [0.3, 0.4) is 0 Å². The maximum atomic E-state index is 12.3. The molecule has 7 nitrogen and oxygen atoms in total. The summed E-state index contributed by atoms with van der Waals surface area (Å²) >= 11 is 0. The predicted octanol–water partition coefficient (Wildman–Crippen LogP) is 3.89. The summed E-state index contributed by atoms with van der Waals surface area (Å²) < 4.78 is 15.5. The van der Waals surface area contributed by atoms with E-state index in [1.807, 2.05) is 0 Å². The van der Waals surface area contributed by atoms with Crippen LogP contribution in [0.15, 0.2) is 47.1 Å². The minimum atomic E-state index is -0.350. The summed E-state index contributed by atoms with van der Waals surface area (Å²) in [7, 11) is 1.59. The number of ether oxygens (including phenoxy) is 2. The maximum absolute atomic E-state index is 12.3. The van der Waals surface area contributed by atoms with E-state index in [1.165, 1.54) is 5.56 Å². The Kier molecular flexibility index (Phi) is 6.26. The van der Waals surface area contributed by atoms with Gasteiger partial charge in [0.15, 0.2) is 12.3 Å². The van der Waals surface area contributed by atoms with Crippen molar-refractivity contribution < 1.29 is 18.9 Å². The number of aromatic nitrogens is 2. The third-order valence-corrected chi connectivity index (χ3v) is 4.39. The molecule has 0 saturated carbocycles. The number of rotatable bonds is 8. The third-order valence-electron chi connectivity index (χ3n) is 4.39. The van der Waals surface area contributed by atoms with Crippen molar-refractivity contribution in [2.45, 2.75) is 26.7 Å². The number of carbonyl (C=O) groups is 1. The molecule has 0 radical (unpaired) electrons. The number of aryl methyl sites for hydroxylation is 2. The van der Waals surface area contributed by atoms with Crippen molar-refractivity contribution in [1.82, 2.24) is 10.3 Å². The molecule has 28 heavy (non-hydrogen) atoms. The number of anilines is 1. The van der Waals surface area contributed by atoms with E-state index in [4.69, 9.17) is 14.1 Å². The van der Waals surface area contributed by atoms with E-state index in [-0.39, 0.29) is 18.3 Å². The number of nitrogens with one attached hydrogen (secondary N) is 1. The predicted molar refractivity (Wildman–Crippen MR) is 106 cm³/mol. The van der Waals surface area contributed by atoms with Crippen LogP contribution >= 0.6 is 0 Å². The van der Waals surface area contributed by atoms with Crippen LogP contribution in [0, 0.1) is 0 Å². The average molecular weight is 381 g/mol. The second-order valence-corrected chi connectivity index (χ2v) is 6.17. The van der Waals surface area contributed by atoms with Gasteiger partial charge in [0.25, 0.3) is 5.91 Å². The molecule has 1 heterocycles. The molecule has 0 aliphatic rings. The van der Waals surface area contributed by atoms with Crippen molar-refractivity contribution in [3.05, 3.63) is 53.6 Å². The third kappa shape index (κ3) is 4.49. The van der Waals surface area contributed by atoms with Gasteiger partial charge in [-0.05, 0) is 64.6 Å². The molecule has 0 aliphatic heterocycles. The number of hydrogen-bond acceptors (Lipinski definition) is 6. The lowest BCUT2D eigenvalue weighted by Gasteiger charge is -2.10. The van der Waals surface area contributed by atoms with Crippen LogP contribution in [-0.4, -0.2) is 29.9 Å². The van der Waals surface area contributed by atoms with Gasteiger partial charge in [-0.1, -0.05) is 26.0 Å². The van der Waals surface area contributed by atoms with E-state index in [9.17, 15) is 4.79 Å². The molecule has 146 valence electrons. The molecule has 7 heteroatoms. The summed E-state index contributed by atoms with van der Waals surface area (Å²) in [5.74, 6) is 1.22. The van der Waals surface area contributed by atoms with Gasteiger partial charge in [0, 0.05) is 5.56 Å². The Labute approximate surface area is 163 Å². The fourth-order valence-corrected chi connectivity index (χ4v) is 2.81. The number of methoxy groups -OCH3 is 1. The van der Waals surface area contributed by atoms with Crippen LogP contribution < -0.4 is 14.8 Å². The van der Waals surface area contributed by atoms with Gasteiger partial charge >= 0.3 is 0 Å². The number of hydrogen-bond donors (Lipinski definition) is 1. The Morgan fingerprint density at radius 2 is 1.79 bits per heavy atom. The number of carbonyl (C=O) groups excluding carboxylic acids is 1. The fraction of sp³-hybridized carbons (Fsp3) is 0.286. The second-order valence-electron chi connectivity index (χ2n) is 6.17. The summed E-state index contributed by atoms with van der Waals surface area (Å²) in [4.78, 5) is 12.3. The Morgan fingerprint density at radius 1 is 1.04 bits per heavy atom. The molecule has 1 amide bonds. The van der Waals surface area contributed by atoms with E-state index >= 15 is 0 Å². The highest BCUT2D eigenvalue weighted by atomic mass is 16.6. The lowest BCUT2D eigenvalue weighted by Crippen LogP contribution is -2.20. The smallest absolute Gasteiger partial charge is 0.263 e. The van der Waals surface area contributed by atoms with Crippen LogP contribution in [0.4, 0.5) is 5.82 Å². The molecule has 0 aliphatic carbocycles. The van der Waals surface area contributed by atoms with E-state index in [0.717, 1.165) is 29.7 Å². The highest BCUT2D eigenvalue weighted by Gasteiger charge is 2.18. The van der Waals surface area contributed by atoms with Crippen molar-refractivity contribution in [2.75, 3.05) is 19.0 Å². The first kappa shape index (κ1) is 19.4. The largest absolute Gasteiger partial charge is 0.497 e. The zero-order valence-electron chi connectivity index (χ0n) is 16.2. The van der Waals surface area contributed by atoms with Crippen LogP contribution in [0.25, 0.3) is 11.3 Å².